The molecule has 30 aromatic rings. The summed E-state index contributed by atoms with van der Waals surface area (Å²) in [6.45, 7) is 7.43. The zero-order valence-corrected chi connectivity index (χ0v) is 79.6. The Morgan fingerprint density at radius 3 is 0.945 bits per heavy atom. The van der Waals surface area contributed by atoms with Crippen molar-refractivity contribution >= 4 is 212 Å². The number of fused-ring (bicyclic) bond motifs is 17. The van der Waals surface area contributed by atoms with Gasteiger partial charge in [-0.05, 0) is 201 Å². The Labute approximate surface area is 838 Å². The van der Waals surface area contributed by atoms with Crippen LogP contribution < -0.4 is 15.9 Å². The van der Waals surface area contributed by atoms with Crippen LogP contribution in [0.1, 0.15) is 0 Å². The summed E-state index contributed by atoms with van der Waals surface area (Å²) >= 11 is 0. The summed E-state index contributed by atoms with van der Waals surface area (Å²) in [6.07, 6.45) is 3.63. The van der Waals surface area contributed by atoms with E-state index >= 15 is 4.57 Å². The molecule has 10 heteroatoms. The molecule has 0 amide bonds. The number of hydrogen-bond donors (Lipinski definition) is 0. The second kappa shape index (κ2) is 34.6. The SMILES string of the molecule is O=P(c1ccccc1)(c1ccccc1)c1cncc(-c2nc3ccccc3c3c2cc(-c2ccc4ccc5cccc6ccc2c4c56)c2ccccc23)c1.[C-]#[N+]c1ccc(-c2nc3ccccc3c3c2cc(-c2ccc4ccc5cccc6ccc2c4c56)c2ccccc23)cc1.c1ccc(-c2nc3ccccc3c3c2cc(-c2nc(-c4ccc5ccccc5c4)nc(-c4ccc5ccccc5c4)n2)c2ccccc23)cc1. The molecule has 0 bridgehead atoms. The van der Waals surface area contributed by atoms with Crippen molar-refractivity contribution in [1.82, 2.24) is 34.9 Å². The Hall–Kier alpha value is -19.2. The van der Waals surface area contributed by atoms with E-state index in [1.54, 1.807) is 6.20 Å². The first-order valence-electron chi connectivity index (χ1n) is 49.2. The van der Waals surface area contributed by atoms with Crippen LogP contribution in [0.25, 0.3) is 279 Å². The Morgan fingerprint density at radius 1 is 0.185 bits per heavy atom. The van der Waals surface area contributed by atoms with E-state index in [0.717, 1.165) is 142 Å². The number of aromatic nitrogens is 7. The largest absolute Gasteiger partial charge is 0.309 e. The van der Waals surface area contributed by atoms with Gasteiger partial charge < -0.3 is 4.57 Å². The number of hydrogen-bond acceptors (Lipinski definition) is 8. The van der Waals surface area contributed by atoms with Crippen LogP contribution in [0.4, 0.5) is 5.69 Å². The third-order valence-electron chi connectivity index (χ3n) is 29.6. The van der Waals surface area contributed by atoms with Crippen LogP contribution in [-0.4, -0.2) is 34.9 Å². The molecule has 30 rings (SSSR count). The molecule has 0 saturated carbocycles. The Balaban J connectivity index is 0.000000107. The molecule has 5 aromatic heterocycles. The van der Waals surface area contributed by atoms with Crippen molar-refractivity contribution in [1.29, 1.82) is 0 Å². The number of rotatable bonds is 11. The van der Waals surface area contributed by atoms with Crippen molar-refractivity contribution in [3.63, 3.8) is 0 Å². The van der Waals surface area contributed by atoms with Gasteiger partial charge in [0, 0.05) is 105 Å². The molecule has 0 unspecified atom stereocenters. The van der Waals surface area contributed by atoms with Gasteiger partial charge in [0.2, 0.25) is 0 Å². The molecule has 0 spiro atoms. The van der Waals surface area contributed by atoms with Gasteiger partial charge in [-0.3, -0.25) is 4.98 Å². The van der Waals surface area contributed by atoms with E-state index in [0.29, 0.717) is 28.5 Å². The van der Waals surface area contributed by atoms with E-state index in [4.69, 9.17) is 41.5 Å². The molecule has 0 aliphatic heterocycles. The number of para-hydroxylation sites is 3. The van der Waals surface area contributed by atoms with Crippen LogP contribution in [0.5, 0.6) is 0 Å². The maximum Gasteiger partial charge on any atom is 0.187 e. The lowest BCUT2D eigenvalue weighted by Crippen LogP contribution is -2.25. The van der Waals surface area contributed by atoms with Gasteiger partial charge in [0.15, 0.2) is 30.3 Å². The van der Waals surface area contributed by atoms with Crippen molar-refractivity contribution < 1.29 is 4.57 Å². The summed E-state index contributed by atoms with van der Waals surface area (Å²) in [5, 5.41) is 39.2. The van der Waals surface area contributed by atoms with Crippen molar-refractivity contribution in [2.24, 2.45) is 0 Å². The van der Waals surface area contributed by atoms with Gasteiger partial charge in [0.05, 0.1) is 40.2 Å². The summed E-state index contributed by atoms with van der Waals surface area (Å²) in [4.78, 5) is 39.9. The molecule has 146 heavy (non-hydrogen) atoms. The predicted octanol–water partition coefficient (Wildman–Crippen LogP) is 34.8. The zero-order chi connectivity index (χ0) is 96.6. The van der Waals surface area contributed by atoms with Gasteiger partial charge in [-0.15, -0.1) is 0 Å². The van der Waals surface area contributed by atoms with Crippen LogP contribution in [-0.2, 0) is 4.57 Å². The van der Waals surface area contributed by atoms with Gasteiger partial charge >= 0.3 is 0 Å². The standard InChI is InChI=1S/C50H31N2OP.C46H28N4.C40H22N2/c53-54(36-14-3-1-4-15-36,37-16-5-2-6-17-37)38-28-35(30-51-31-38)50-45-29-44(39-18-7-8-19-41(39)49(45)43-20-9-10-21-46(43)52-50)40-26-24-34-23-22-32-12-11-13-33-25-27-42(40)48(34)47(32)33;1-2-14-31(15-3-1)43-40-28-39(36-18-8-9-19-37(36)42(40)38-20-10-11-21-41(38)47-43)46-49-44(34-24-22-29-12-4-6-16-32(29)26-34)48-45(50-46)35-25-23-30-13-5-7-17-33(30)27-35;1-41-28-19-15-27(16-20-28)40-35-23-34(29-9-2-3-10-31(29)39(35)33-11-4-5-12-36(33)42-40)30-21-17-26-14-13-24-7-6-8-25-18-22-32(30)38(26)37(24)25/h1-31H;1-28H;2-23H. The van der Waals surface area contributed by atoms with Crippen LogP contribution in [0.2, 0.25) is 0 Å². The minimum Gasteiger partial charge on any atom is -0.309 e. The van der Waals surface area contributed by atoms with Gasteiger partial charge in [-0.25, -0.2) is 34.7 Å². The van der Waals surface area contributed by atoms with Gasteiger partial charge in [-0.2, -0.15) is 0 Å². The second-order valence-electron chi connectivity index (χ2n) is 37.7. The van der Waals surface area contributed by atoms with Gasteiger partial charge in [0.1, 0.15) is 0 Å². The summed E-state index contributed by atoms with van der Waals surface area (Å²) in [5.41, 5.74) is 16.6. The molecule has 9 nitrogen and oxygen atoms in total. The monoisotopic (exact) mass is 1870 g/mol. The fourth-order valence-corrected chi connectivity index (χ4v) is 25.5. The van der Waals surface area contributed by atoms with Crippen molar-refractivity contribution in [3.8, 4) is 90.2 Å². The van der Waals surface area contributed by atoms with E-state index in [1.807, 2.05) is 109 Å². The fraction of sp³-hybridized carbons (Fsp3) is 0. The smallest absolute Gasteiger partial charge is 0.187 e. The topological polar surface area (TPSA) is 112 Å². The Bertz CT molecular complexity index is 10600. The highest BCUT2D eigenvalue weighted by molar-refractivity contribution is 7.85. The Morgan fingerprint density at radius 2 is 0.507 bits per heavy atom. The van der Waals surface area contributed by atoms with Crippen LogP contribution in [0.3, 0.4) is 0 Å². The first-order chi connectivity index (χ1) is 72.2. The van der Waals surface area contributed by atoms with E-state index in [-0.39, 0.29) is 0 Å². The molecule has 0 N–H and O–H groups in total. The average molecular weight is 1870 g/mol. The summed E-state index contributed by atoms with van der Waals surface area (Å²) < 4.78 is 15.5. The lowest BCUT2D eigenvalue weighted by Gasteiger charge is -2.21. The molecular formula is C136H81N8OP. The van der Waals surface area contributed by atoms with Crippen molar-refractivity contribution in [2.75, 3.05) is 0 Å². The molecule has 676 valence electrons. The van der Waals surface area contributed by atoms with Crippen molar-refractivity contribution in [2.45, 2.75) is 0 Å². The Kier molecular flexibility index (Phi) is 20.1. The quantitative estimate of drug-likeness (QED) is 0.0715. The highest BCUT2D eigenvalue weighted by Gasteiger charge is 2.32. The van der Waals surface area contributed by atoms with Gasteiger partial charge in [-0.1, -0.05) is 425 Å². The second-order valence-corrected chi connectivity index (χ2v) is 40.5. The number of nitrogens with zero attached hydrogens (tertiary/aromatic N) is 8. The summed E-state index contributed by atoms with van der Waals surface area (Å²) in [7, 11) is -3.28. The zero-order valence-electron chi connectivity index (χ0n) is 78.7. The van der Waals surface area contributed by atoms with E-state index in [1.165, 1.54) is 124 Å². The van der Waals surface area contributed by atoms with Crippen LogP contribution >= 0.6 is 7.14 Å². The van der Waals surface area contributed by atoms with Crippen molar-refractivity contribution in [3.05, 3.63) is 503 Å². The molecule has 0 aliphatic carbocycles. The first-order valence-corrected chi connectivity index (χ1v) is 50.9. The third kappa shape index (κ3) is 14.1. The highest BCUT2D eigenvalue weighted by atomic mass is 31.2. The summed E-state index contributed by atoms with van der Waals surface area (Å²) in [6, 6.07) is 168. The van der Waals surface area contributed by atoms with Crippen LogP contribution in [0, 0.1) is 6.57 Å². The normalized spacial score (nSPS) is 11.9. The number of pyridine rings is 4. The van der Waals surface area contributed by atoms with E-state index in [9.17, 15) is 0 Å². The molecular weight excluding hydrogens is 1790 g/mol. The molecule has 0 saturated heterocycles. The molecule has 5 heterocycles. The predicted molar refractivity (Wildman–Crippen MR) is 613 cm³/mol. The minimum atomic E-state index is -3.28. The van der Waals surface area contributed by atoms with Gasteiger partial charge in [0.25, 0.3) is 0 Å². The molecule has 25 aromatic carbocycles. The fourth-order valence-electron chi connectivity index (χ4n) is 22.8. The minimum absolute atomic E-state index is 0.622. The first kappa shape index (κ1) is 84.8. The number of benzene rings is 25. The molecule has 0 atom stereocenters. The highest BCUT2D eigenvalue weighted by Crippen LogP contribution is 2.52. The molecule has 0 aliphatic rings. The van der Waals surface area contributed by atoms with E-state index in [2.05, 4.69) is 381 Å². The molecule has 0 fully saturated rings. The molecule has 0 radical (unpaired) electrons. The summed E-state index contributed by atoms with van der Waals surface area (Å²) in [5.74, 6) is 1.89. The lowest BCUT2D eigenvalue weighted by atomic mass is 9.86. The van der Waals surface area contributed by atoms with Crippen LogP contribution in [0.15, 0.2) is 492 Å². The maximum atomic E-state index is 15.5. The maximum absolute atomic E-state index is 15.5. The average Bonchev–Trinajstić information content (AvgIpc) is 0.729. The van der Waals surface area contributed by atoms with E-state index < -0.39 is 7.14 Å². The lowest BCUT2D eigenvalue weighted by molar-refractivity contribution is 0.592. The third-order valence-corrected chi connectivity index (χ3v) is 32.6.